The molecule has 0 atom stereocenters. The van der Waals surface area contributed by atoms with E-state index in [4.69, 9.17) is 22.1 Å². The summed E-state index contributed by atoms with van der Waals surface area (Å²) in [7, 11) is 0. The van der Waals surface area contributed by atoms with Gasteiger partial charge in [-0.1, -0.05) is 17.7 Å². The molecule has 18 heavy (non-hydrogen) atoms. The van der Waals surface area contributed by atoms with E-state index in [0.29, 0.717) is 10.7 Å². The van der Waals surface area contributed by atoms with E-state index in [0.717, 1.165) is 51.5 Å². The smallest absolute Gasteiger partial charge is 0.0739 e. The maximum Gasteiger partial charge on any atom is 0.0739 e. The molecule has 1 aromatic carbocycles. The Morgan fingerprint density at radius 2 is 2.11 bits per heavy atom. The second kappa shape index (κ2) is 6.83. The van der Waals surface area contributed by atoms with Crippen LogP contribution in [0.2, 0.25) is 5.02 Å². The van der Waals surface area contributed by atoms with E-state index >= 15 is 0 Å². The van der Waals surface area contributed by atoms with E-state index in [1.165, 1.54) is 0 Å². The fourth-order valence-corrected chi connectivity index (χ4v) is 2.22. The molecule has 100 valence electrons. The number of ether oxygens (including phenoxy) is 1. The number of para-hydroxylation sites is 1. The predicted molar refractivity (Wildman–Crippen MR) is 76.2 cm³/mol. The van der Waals surface area contributed by atoms with Gasteiger partial charge in [0, 0.05) is 19.6 Å². The first-order chi connectivity index (χ1) is 8.77. The Hall–Kier alpha value is -0.970. The molecule has 1 fully saturated rings. The third-order valence-electron chi connectivity index (χ3n) is 3.12. The fourth-order valence-electron chi connectivity index (χ4n) is 2.04. The molecule has 5 heteroatoms. The number of morpholine rings is 1. The summed E-state index contributed by atoms with van der Waals surface area (Å²) in [4.78, 5) is 2.42. The molecule has 0 radical (unpaired) electrons. The third kappa shape index (κ3) is 3.77. The molecule has 3 N–H and O–H groups in total. The van der Waals surface area contributed by atoms with Crippen molar-refractivity contribution in [2.24, 2.45) is 0 Å². The highest BCUT2D eigenvalue weighted by Crippen LogP contribution is 2.26. The van der Waals surface area contributed by atoms with Crippen molar-refractivity contribution in [3.8, 4) is 0 Å². The molecule has 1 aliphatic heterocycles. The Morgan fingerprint density at radius 3 is 2.89 bits per heavy atom. The van der Waals surface area contributed by atoms with Crippen LogP contribution >= 0.6 is 11.6 Å². The molecular weight excluding hydrogens is 250 g/mol. The van der Waals surface area contributed by atoms with Crippen molar-refractivity contribution in [1.82, 2.24) is 4.90 Å². The van der Waals surface area contributed by atoms with Crippen LogP contribution in [0.15, 0.2) is 18.2 Å². The predicted octanol–water partition coefficient (Wildman–Crippen LogP) is 2.06. The molecule has 0 spiro atoms. The summed E-state index contributed by atoms with van der Waals surface area (Å²) < 4.78 is 5.32. The Morgan fingerprint density at radius 1 is 1.33 bits per heavy atom. The summed E-state index contributed by atoms with van der Waals surface area (Å²) in [5.41, 5.74) is 7.44. The van der Waals surface area contributed by atoms with Crippen LogP contribution in [0.1, 0.15) is 6.42 Å². The minimum Gasteiger partial charge on any atom is -0.396 e. The Kier molecular flexibility index (Phi) is 5.11. The van der Waals surface area contributed by atoms with Crippen LogP contribution in [0.5, 0.6) is 0 Å². The minimum absolute atomic E-state index is 0.605. The standard InChI is InChI=1S/C13H20ClN3O/c14-11-3-1-4-12(13(11)15)16-5-2-6-17-7-9-18-10-8-17/h1,3-4,16H,2,5-10,15H2. The zero-order valence-electron chi connectivity index (χ0n) is 10.5. The van der Waals surface area contributed by atoms with E-state index in [2.05, 4.69) is 10.2 Å². The molecule has 0 aromatic heterocycles. The second-order valence-corrected chi connectivity index (χ2v) is 4.84. The van der Waals surface area contributed by atoms with Crippen LogP contribution in [0.4, 0.5) is 11.4 Å². The van der Waals surface area contributed by atoms with Gasteiger partial charge in [-0.2, -0.15) is 0 Å². The largest absolute Gasteiger partial charge is 0.396 e. The van der Waals surface area contributed by atoms with E-state index in [1.807, 2.05) is 12.1 Å². The van der Waals surface area contributed by atoms with Crippen molar-refractivity contribution >= 4 is 23.0 Å². The van der Waals surface area contributed by atoms with Crippen molar-refractivity contribution in [2.45, 2.75) is 6.42 Å². The lowest BCUT2D eigenvalue weighted by atomic mass is 10.2. The van der Waals surface area contributed by atoms with Crippen molar-refractivity contribution in [1.29, 1.82) is 0 Å². The third-order valence-corrected chi connectivity index (χ3v) is 3.45. The summed E-state index contributed by atoms with van der Waals surface area (Å²) in [6.07, 6.45) is 1.09. The number of halogens is 1. The first-order valence-corrected chi connectivity index (χ1v) is 6.73. The SMILES string of the molecule is Nc1c(Cl)cccc1NCCCN1CCOCC1. The van der Waals surface area contributed by atoms with Crippen LogP contribution in [-0.2, 0) is 4.74 Å². The Labute approximate surface area is 113 Å². The highest BCUT2D eigenvalue weighted by molar-refractivity contribution is 6.33. The van der Waals surface area contributed by atoms with Crippen LogP contribution in [0.25, 0.3) is 0 Å². The number of hydrogen-bond acceptors (Lipinski definition) is 4. The topological polar surface area (TPSA) is 50.5 Å². The van der Waals surface area contributed by atoms with E-state index in [-0.39, 0.29) is 0 Å². The molecule has 0 amide bonds. The Balaban J connectivity index is 1.70. The molecule has 1 saturated heterocycles. The maximum absolute atomic E-state index is 5.96. The average molecular weight is 270 g/mol. The first kappa shape index (κ1) is 13.5. The maximum atomic E-state index is 5.96. The quantitative estimate of drug-likeness (QED) is 0.635. The van der Waals surface area contributed by atoms with Gasteiger partial charge in [0.2, 0.25) is 0 Å². The molecular formula is C13H20ClN3O. The molecule has 0 aliphatic carbocycles. The number of hydrogen-bond donors (Lipinski definition) is 2. The number of anilines is 2. The van der Waals surface area contributed by atoms with E-state index in [9.17, 15) is 0 Å². The second-order valence-electron chi connectivity index (χ2n) is 4.44. The number of nitrogens with one attached hydrogen (secondary N) is 1. The molecule has 1 aliphatic rings. The summed E-state index contributed by atoms with van der Waals surface area (Å²) in [5.74, 6) is 0. The highest BCUT2D eigenvalue weighted by atomic mass is 35.5. The number of nitrogen functional groups attached to an aromatic ring is 1. The normalized spacial score (nSPS) is 16.7. The number of rotatable bonds is 5. The van der Waals surface area contributed by atoms with Gasteiger partial charge in [-0.05, 0) is 25.1 Å². The van der Waals surface area contributed by atoms with Crippen molar-refractivity contribution in [3.05, 3.63) is 23.2 Å². The number of benzene rings is 1. The lowest BCUT2D eigenvalue weighted by Gasteiger charge is -2.26. The summed E-state index contributed by atoms with van der Waals surface area (Å²) in [5, 5.41) is 3.93. The lowest BCUT2D eigenvalue weighted by molar-refractivity contribution is 0.0378. The molecule has 2 rings (SSSR count). The first-order valence-electron chi connectivity index (χ1n) is 6.35. The molecule has 4 nitrogen and oxygen atoms in total. The van der Waals surface area contributed by atoms with E-state index in [1.54, 1.807) is 6.07 Å². The molecule has 1 aromatic rings. The summed E-state index contributed by atoms with van der Waals surface area (Å²) in [6.45, 7) is 5.79. The van der Waals surface area contributed by atoms with Gasteiger partial charge in [0.05, 0.1) is 29.6 Å². The van der Waals surface area contributed by atoms with Crippen molar-refractivity contribution in [3.63, 3.8) is 0 Å². The van der Waals surface area contributed by atoms with Crippen LogP contribution in [0.3, 0.4) is 0 Å². The average Bonchev–Trinajstić information content (AvgIpc) is 2.40. The van der Waals surface area contributed by atoms with Gasteiger partial charge in [0.25, 0.3) is 0 Å². The van der Waals surface area contributed by atoms with Crippen molar-refractivity contribution in [2.75, 3.05) is 50.4 Å². The Bertz CT molecular complexity index is 380. The van der Waals surface area contributed by atoms with Gasteiger partial charge in [0.15, 0.2) is 0 Å². The highest BCUT2D eigenvalue weighted by Gasteiger charge is 2.09. The molecule has 0 unspecified atom stereocenters. The molecule has 0 saturated carbocycles. The van der Waals surface area contributed by atoms with Crippen LogP contribution in [-0.4, -0.2) is 44.3 Å². The zero-order chi connectivity index (χ0) is 12.8. The van der Waals surface area contributed by atoms with Gasteiger partial charge < -0.3 is 15.8 Å². The van der Waals surface area contributed by atoms with Crippen molar-refractivity contribution < 1.29 is 4.74 Å². The van der Waals surface area contributed by atoms with Gasteiger partial charge in [-0.3, -0.25) is 4.90 Å². The van der Waals surface area contributed by atoms with Gasteiger partial charge >= 0.3 is 0 Å². The van der Waals surface area contributed by atoms with Gasteiger partial charge in [0.1, 0.15) is 0 Å². The lowest BCUT2D eigenvalue weighted by Crippen LogP contribution is -2.37. The van der Waals surface area contributed by atoms with Gasteiger partial charge in [-0.15, -0.1) is 0 Å². The van der Waals surface area contributed by atoms with E-state index < -0.39 is 0 Å². The zero-order valence-corrected chi connectivity index (χ0v) is 11.2. The fraction of sp³-hybridized carbons (Fsp3) is 0.538. The number of nitrogens with two attached hydrogens (primary N) is 1. The summed E-state index contributed by atoms with van der Waals surface area (Å²) >= 11 is 5.96. The van der Waals surface area contributed by atoms with Gasteiger partial charge in [-0.25, -0.2) is 0 Å². The number of nitrogens with zero attached hydrogens (tertiary/aromatic N) is 1. The minimum atomic E-state index is 0.605. The molecule has 1 heterocycles. The van der Waals surface area contributed by atoms with Crippen LogP contribution < -0.4 is 11.1 Å². The summed E-state index contributed by atoms with van der Waals surface area (Å²) in [6, 6.07) is 5.66. The van der Waals surface area contributed by atoms with Crippen LogP contribution in [0, 0.1) is 0 Å². The molecule has 0 bridgehead atoms. The monoisotopic (exact) mass is 269 g/mol.